The zero-order chi connectivity index (χ0) is 23.4. The molecule has 1 aliphatic rings. The van der Waals surface area contributed by atoms with E-state index in [-0.39, 0.29) is 11.4 Å². The first-order chi connectivity index (χ1) is 15.9. The first-order valence-electron chi connectivity index (χ1n) is 11.2. The van der Waals surface area contributed by atoms with E-state index < -0.39 is 0 Å². The van der Waals surface area contributed by atoms with Crippen LogP contribution in [0.2, 0.25) is 0 Å². The maximum absolute atomic E-state index is 11.8. The van der Waals surface area contributed by atoms with Gasteiger partial charge in [-0.15, -0.1) is 0 Å². The van der Waals surface area contributed by atoms with Crippen molar-refractivity contribution in [3.05, 3.63) is 106 Å². The van der Waals surface area contributed by atoms with Gasteiger partial charge in [-0.25, -0.2) is 4.79 Å². The van der Waals surface area contributed by atoms with Crippen molar-refractivity contribution in [2.45, 2.75) is 32.6 Å². The summed E-state index contributed by atoms with van der Waals surface area (Å²) in [4.78, 5) is 11.8. The maximum Gasteiger partial charge on any atom is 0.338 e. The molecule has 0 amide bonds. The maximum atomic E-state index is 11.8. The van der Waals surface area contributed by atoms with Gasteiger partial charge in [-0.3, -0.25) is 0 Å². The van der Waals surface area contributed by atoms with E-state index in [1.165, 1.54) is 22.3 Å². The summed E-state index contributed by atoms with van der Waals surface area (Å²) in [6, 6.07) is 21.9. The summed E-state index contributed by atoms with van der Waals surface area (Å²) >= 11 is 0. The summed E-state index contributed by atoms with van der Waals surface area (Å²) in [5, 5.41) is 0. The van der Waals surface area contributed by atoms with E-state index in [4.69, 9.17) is 9.47 Å². The Morgan fingerprint density at radius 3 is 2.27 bits per heavy atom. The zero-order valence-corrected chi connectivity index (χ0v) is 19.6. The number of hydrogen-bond donors (Lipinski definition) is 0. The molecule has 0 saturated carbocycles. The second-order valence-corrected chi connectivity index (χ2v) is 8.74. The van der Waals surface area contributed by atoms with Gasteiger partial charge in [0.15, 0.2) is 0 Å². The predicted octanol–water partition coefficient (Wildman–Crippen LogP) is 6.38. The number of carbonyl (C=O) groups is 1. The second kappa shape index (κ2) is 9.38. The summed E-state index contributed by atoms with van der Waals surface area (Å²) in [6.07, 6.45) is 3.31. The molecule has 0 saturated heterocycles. The Balaban J connectivity index is 1.65. The number of fused-ring (bicyclic) bond motifs is 1. The van der Waals surface area contributed by atoms with Crippen molar-refractivity contribution in [3.8, 4) is 17.6 Å². The number of carbonyl (C=O) groups excluding carboxylic acids is 1. The van der Waals surface area contributed by atoms with Gasteiger partial charge in [-0.2, -0.15) is 0 Å². The van der Waals surface area contributed by atoms with Crippen LogP contribution in [0.5, 0.6) is 5.75 Å². The highest BCUT2D eigenvalue weighted by Crippen LogP contribution is 2.41. The number of ether oxygens (including phenoxy) is 2. The van der Waals surface area contributed by atoms with Gasteiger partial charge >= 0.3 is 5.97 Å². The molecule has 33 heavy (non-hydrogen) atoms. The van der Waals surface area contributed by atoms with Crippen LogP contribution in [0.25, 0.3) is 5.57 Å². The fourth-order valence-corrected chi connectivity index (χ4v) is 4.10. The van der Waals surface area contributed by atoms with Crippen molar-refractivity contribution in [1.82, 2.24) is 0 Å². The molecule has 3 aromatic rings. The summed E-state index contributed by atoms with van der Waals surface area (Å²) in [6.45, 7) is 6.72. The minimum atomic E-state index is -0.313. The Labute approximate surface area is 196 Å². The van der Waals surface area contributed by atoms with Gasteiger partial charge in [-0.05, 0) is 89.6 Å². The molecule has 0 aliphatic heterocycles. The number of methoxy groups -OCH3 is 1. The Morgan fingerprint density at radius 2 is 1.61 bits per heavy atom. The van der Waals surface area contributed by atoms with Crippen LogP contribution >= 0.6 is 0 Å². The first-order valence-corrected chi connectivity index (χ1v) is 11.2. The molecule has 0 atom stereocenters. The van der Waals surface area contributed by atoms with Crippen molar-refractivity contribution in [3.63, 3.8) is 0 Å². The molecular formula is C30H28O3. The lowest BCUT2D eigenvalue weighted by molar-refractivity contribution is 0.0526. The molecule has 0 aromatic heterocycles. The van der Waals surface area contributed by atoms with Gasteiger partial charge in [0.1, 0.15) is 5.75 Å². The van der Waals surface area contributed by atoms with Crippen molar-refractivity contribution in [1.29, 1.82) is 0 Å². The third kappa shape index (κ3) is 4.86. The van der Waals surface area contributed by atoms with Gasteiger partial charge in [-0.1, -0.05) is 50.0 Å². The molecule has 0 N–H and O–H groups in total. The Bertz CT molecular complexity index is 1250. The quantitative estimate of drug-likeness (QED) is 0.351. The Morgan fingerprint density at radius 1 is 0.939 bits per heavy atom. The molecule has 0 fully saturated rings. The van der Waals surface area contributed by atoms with Gasteiger partial charge < -0.3 is 9.47 Å². The number of allylic oxidation sites excluding steroid dienone is 1. The van der Waals surface area contributed by atoms with Crippen molar-refractivity contribution in [2.75, 3.05) is 13.7 Å². The number of esters is 1. The first kappa shape index (κ1) is 22.4. The zero-order valence-electron chi connectivity index (χ0n) is 19.6. The van der Waals surface area contributed by atoms with E-state index in [0.29, 0.717) is 12.2 Å². The Kier molecular flexibility index (Phi) is 6.38. The summed E-state index contributed by atoms with van der Waals surface area (Å²) < 4.78 is 10.4. The predicted molar refractivity (Wildman–Crippen MR) is 133 cm³/mol. The van der Waals surface area contributed by atoms with Crippen molar-refractivity contribution < 1.29 is 14.3 Å². The van der Waals surface area contributed by atoms with E-state index in [1.807, 2.05) is 24.3 Å². The van der Waals surface area contributed by atoms with E-state index >= 15 is 0 Å². The van der Waals surface area contributed by atoms with Crippen LogP contribution in [0.3, 0.4) is 0 Å². The largest absolute Gasteiger partial charge is 0.497 e. The molecule has 3 heteroatoms. The van der Waals surface area contributed by atoms with Crippen LogP contribution in [0.15, 0.2) is 72.8 Å². The van der Waals surface area contributed by atoms with Crippen LogP contribution < -0.4 is 4.74 Å². The average Bonchev–Trinajstić information content (AvgIpc) is 2.83. The molecule has 0 heterocycles. The molecule has 3 aromatic carbocycles. The van der Waals surface area contributed by atoms with E-state index in [9.17, 15) is 4.79 Å². The molecular weight excluding hydrogens is 408 g/mol. The third-order valence-electron chi connectivity index (χ3n) is 6.00. The van der Waals surface area contributed by atoms with Gasteiger partial charge in [0.2, 0.25) is 0 Å². The van der Waals surface area contributed by atoms with Crippen LogP contribution in [0.1, 0.15) is 65.4 Å². The lowest BCUT2D eigenvalue weighted by Crippen LogP contribution is -2.22. The summed E-state index contributed by atoms with van der Waals surface area (Å²) in [5.74, 6) is 7.05. The molecule has 3 nitrogen and oxygen atoms in total. The van der Waals surface area contributed by atoms with E-state index in [2.05, 4.69) is 62.1 Å². The molecule has 0 radical (unpaired) electrons. The van der Waals surface area contributed by atoms with Gasteiger partial charge in [0, 0.05) is 11.1 Å². The highest BCUT2D eigenvalue weighted by molar-refractivity contribution is 5.89. The minimum Gasteiger partial charge on any atom is -0.497 e. The van der Waals surface area contributed by atoms with Crippen molar-refractivity contribution >= 4 is 11.5 Å². The SMILES string of the molecule is CCOC(=O)c1ccc(C#Cc2ccc3c(c2)C(c2ccc(OC)cc2)=CCC3(C)C)cc1. The lowest BCUT2D eigenvalue weighted by Gasteiger charge is -2.32. The fraction of sp³-hybridized carbons (Fsp3) is 0.233. The van der Waals surface area contributed by atoms with E-state index in [0.717, 1.165) is 23.3 Å². The molecule has 166 valence electrons. The molecule has 0 unspecified atom stereocenters. The number of benzene rings is 3. The molecule has 0 spiro atoms. The third-order valence-corrected chi connectivity index (χ3v) is 6.00. The normalized spacial score (nSPS) is 13.8. The van der Waals surface area contributed by atoms with Crippen LogP contribution in [-0.4, -0.2) is 19.7 Å². The molecule has 0 bridgehead atoms. The second-order valence-electron chi connectivity index (χ2n) is 8.74. The standard InChI is InChI=1S/C30H28O3/c1-5-33-29(31)24-11-8-21(9-12-24)6-7-22-10-17-28-27(20-22)26(18-19-30(28,2)3)23-13-15-25(32-4)16-14-23/h8-18,20H,5,19H2,1-4H3. The smallest absolute Gasteiger partial charge is 0.338 e. The summed E-state index contributed by atoms with van der Waals surface area (Å²) in [7, 11) is 1.68. The lowest BCUT2D eigenvalue weighted by atomic mass is 9.72. The summed E-state index contributed by atoms with van der Waals surface area (Å²) in [5.41, 5.74) is 7.38. The topological polar surface area (TPSA) is 35.5 Å². The van der Waals surface area contributed by atoms with Gasteiger partial charge in [0.05, 0.1) is 19.3 Å². The minimum absolute atomic E-state index is 0.0696. The van der Waals surface area contributed by atoms with Gasteiger partial charge in [0.25, 0.3) is 0 Å². The van der Waals surface area contributed by atoms with E-state index in [1.54, 1.807) is 26.2 Å². The average molecular weight is 437 g/mol. The van der Waals surface area contributed by atoms with Crippen LogP contribution in [-0.2, 0) is 10.2 Å². The number of rotatable bonds is 4. The van der Waals surface area contributed by atoms with Crippen molar-refractivity contribution in [2.24, 2.45) is 0 Å². The highest BCUT2D eigenvalue weighted by atomic mass is 16.5. The van der Waals surface area contributed by atoms with Crippen LogP contribution in [0, 0.1) is 11.8 Å². The molecule has 4 rings (SSSR count). The molecule has 1 aliphatic carbocycles. The fourth-order valence-electron chi connectivity index (χ4n) is 4.10. The Hall–Kier alpha value is -3.77. The highest BCUT2D eigenvalue weighted by Gasteiger charge is 2.28. The van der Waals surface area contributed by atoms with Crippen LogP contribution in [0.4, 0.5) is 0 Å². The number of hydrogen-bond acceptors (Lipinski definition) is 3. The monoisotopic (exact) mass is 436 g/mol.